The van der Waals surface area contributed by atoms with Crippen molar-refractivity contribution < 1.29 is 17.9 Å². The van der Waals surface area contributed by atoms with E-state index in [1.54, 1.807) is 25.3 Å². The zero-order valence-corrected chi connectivity index (χ0v) is 15.5. The summed E-state index contributed by atoms with van der Waals surface area (Å²) in [4.78, 5) is 12.5. The van der Waals surface area contributed by atoms with Gasteiger partial charge in [-0.15, -0.1) is 0 Å². The first-order valence-corrected chi connectivity index (χ1v) is 9.09. The Hall–Kier alpha value is -2.44. The van der Waals surface area contributed by atoms with Crippen molar-refractivity contribution in [2.24, 2.45) is 0 Å². The number of hydrogen-bond acceptors (Lipinski definition) is 4. The molecule has 6 heteroatoms. The molecule has 0 heterocycles. The highest BCUT2D eigenvalue weighted by atomic mass is 32.2. The van der Waals surface area contributed by atoms with E-state index in [1.807, 2.05) is 25.1 Å². The summed E-state index contributed by atoms with van der Waals surface area (Å²) in [6.45, 7) is 1.95. The van der Waals surface area contributed by atoms with Gasteiger partial charge in [-0.25, -0.2) is 12.7 Å². The van der Waals surface area contributed by atoms with Gasteiger partial charge in [-0.05, 0) is 43.3 Å². The number of methoxy groups -OCH3 is 1. The number of ketones is 1. The van der Waals surface area contributed by atoms with Crippen LogP contribution in [0.5, 0.6) is 5.75 Å². The number of allylic oxidation sites excluding steroid dienone is 1. The van der Waals surface area contributed by atoms with Crippen LogP contribution in [0.25, 0.3) is 6.08 Å². The molecule has 2 aromatic rings. The molecule has 25 heavy (non-hydrogen) atoms. The van der Waals surface area contributed by atoms with Crippen LogP contribution in [-0.4, -0.2) is 39.7 Å². The van der Waals surface area contributed by atoms with Gasteiger partial charge in [0.05, 0.1) is 12.0 Å². The maximum atomic E-state index is 12.4. The van der Waals surface area contributed by atoms with E-state index in [1.165, 1.54) is 32.3 Å². The highest BCUT2D eigenvalue weighted by molar-refractivity contribution is 7.89. The van der Waals surface area contributed by atoms with E-state index in [0.717, 1.165) is 15.4 Å². The Kier molecular flexibility index (Phi) is 5.77. The lowest BCUT2D eigenvalue weighted by molar-refractivity contribution is 0.104. The molecule has 0 spiro atoms. The molecule has 0 aliphatic carbocycles. The number of aryl methyl sites for hydroxylation is 1. The fraction of sp³-hybridized carbons (Fsp3) is 0.211. The minimum atomic E-state index is -3.58. The van der Waals surface area contributed by atoms with Gasteiger partial charge in [0.25, 0.3) is 0 Å². The second-order valence-electron chi connectivity index (χ2n) is 5.76. The van der Waals surface area contributed by atoms with E-state index >= 15 is 0 Å². The maximum absolute atomic E-state index is 12.4. The first-order chi connectivity index (χ1) is 11.8. The lowest BCUT2D eigenvalue weighted by Crippen LogP contribution is -2.22. The van der Waals surface area contributed by atoms with Crippen LogP contribution in [0.4, 0.5) is 0 Å². The number of hydrogen-bond donors (Lipinski definition) is 0. The average molecular weight is 359 g/mol. The molecule has 5 nitrogen and oxygen atoms in total. The topological polar surface area (TPSA) is 63.7 Å². The van der Waals surface area contributed by atoms with E-state index < -0.39 is 10.0 Å². The molecule has 0 aliphatic heterocycles. The summed E-state index contributed by atoms with van der Waals surface area (Å²) in [6, 6.07) is 11.7. The number of rotatable bonds is 6. The largest absolute Gasteiger partial charge is 0.496 e. The zero-order chi connectivity index (χ0) is 18.6. The molecule has 0 unspecified atom stereocenters. The van der Waals surface area contributed by atoms with Crippen LogP contribution in [0.15, 0.2) is 53.4 Å². The zero-order valence-electron chi connectivity index (χ0n) is 14.7. The minimum Gasteiger partial charge on any atom is -0.496 e. The van der Waals surface area contributed by atoms with Crippen LogP contribution in [0.3, 0.4) is 0 Å². The lowest BCUT2D eigenvalue weighted by Gasteiger charge is -2.11. The number of carbonyl (C=O) groups excluding carboxylic acids is 1. The lowest BCUT2D eigenvalue weighted by atomic mass is 10.1. The van der Waals surface area contributed by atoms with Crippen LogP contribution in [-0.2, 0) is 10.0 Å². The Labute approximate surface area is 148 Å². The Bertz CT molecular complexity index is 915. The summed E-state index contributed by atoms with van der Waals surface area (Å²) in [7, 11) is 0.894. The first kappa shape index (κ1) is 18.9. The smallest absolute Gasteiger partial charge is 0.242 e. The predicted octanol–water partition coefficient (Wildman–Crippen LogP) is 3.15. The fourth-order valence-electron chi connectivity index (χ4n) is 2.27. The van der Waals surface area contributed by atoms with Gasteiger partial charge < -0.3 is 4.74 Å². The molecule has 132 valence electrons. The average Bonchev–Trinajstić information content (AvgIpc) is 2.59. The van der Waals surface area contributed by atoms with E-state index in [-0.39, 0.29) is 10.7 Å². The normalized spacial score (nSPS) is 11.9. The number of ether oxygens (including phenoxy) is 1. The van der Waals surface area contributed by atoms with Gasteiger partial charge in [0.1, 0.15) is 5.75 Å². The Morgan fingerprint density at radius 3 is 2.48 bits per heavy atom. The molecule has 0 saturated carbocycles. The van der Waals surface area contributed by atoms with Crippen LogP contribution in [0.1, 0.15) is 21.5 Å². The SMILES string of the molecule is COc1ccc(C)cc1C=CC(=O)c1cccc(S(=O)(=O)N(C)C)c1. The predicted molar refractivity (Wildman–Crippen MR) is 98.4 cm³/mol. The third-order valence-corrected chi connectivity index (χ3v) is 5.51. The van der Waals surface area contributed by atoms with Gasteiger partial charge in [-0.3, -0.25) is 4.79 Å². The number of sulfonamides is 1. The van der Waals surface area contributed by atoms with Gasteiger partial charge >= 0.3 is 0 Å². The molecule has 0 saturated heterocycles. The first-order valence-electron chi connectivity index (χ1n) is 7.65. The number of benzene rings is 2. The highest BCUT2D eigenvalue weighted by Gasteiger charge is 2.18. The summed E-state index contributed by atoms with van der Waals surface area (Å²) in [5.74, 6) is 0.387. The van der Waals surface area contributed by atoms with Crippen molar-refractivity contribution in [3.05, 3.63) is 65.2 Å². The van der Waals surface area contributed by atoms with Gasteiger partial charge in [0.15, 0.2) is 5.78 Å². The Balaban J connectivity index is 2.32. The van der Waals surface area contributed by atoms with Crippen LogP contribution in [0, 0.1) is 6.92 Å². The molecular weight excluding hydrogens is 338 g/mol. The van der Waals surface area contributed by atoms with E-state index in [9.17, 15) is 13.2 Å². The maximum Gasteiger partial charge on any atom is 0.242 e. The molecule has 0 aromatic heterocycles. The van der Waals surface area contributed by atoms with Gasteiger partial charge in [-0.1, -0.05) is 23.8 Å². The Morgan fingerprint density at radius 2 is 1.84 bits per heavy atom. The van der Waals surface area contributed by atoms with Gasteiger partial charge in [0, 0.05) is 25.2 Å². The van der Waals surface area contributed by atoms with Crippen molar-refractivity contribution >= 4 is 21.9 Å². The van der Waals surface area contributed by atoms with Crippen LogP contribution in [0.2, 0.25) is 0 Å². The summed E-state index contributed by atoms with van der Waals surface area (Å²) in [6.07, 6.45) is 3.08. The fourth-order valence-corrected chi connectivity index (χ4v) is 3.21. The molecule has 0 atom stereocenters. The Morgan fingerprint density at radius 1 is 1.12 bits per heavy atom. The minimum absolute atomic E-state index is 0.0879. The van der Waals surface area contributed by atoms with E-state index in [2.05, 4.69) is 0 Å². The molecular formula is C19H21NO4S. The quantitative estimate of drug-likeness (QED) is 0.587. The van der Waals surface area contributed by atoms with Crippen molar-refractivity contribution in [2.75, 3.05) is 21.2 Å². The van der Waals surface area contributed by atoms with E-state index in [0.29, 0.717) is 11.3 Å². The molecule has 0 radical (unpaired) electrons. The third kappa shape index (κ3) is 4.35. The van der Waals surface area contributed by atoms with Crippen molar-refractivity contribution in [3.63, 3.8) is 0 Å². The summed E-state index contributed by atoms with van der Waals surface area (Å²) in [5, 5.41) is 0. The standard InChI is InChI=1S/C19H21NO4S/c1-14-8-11-19(24-4)16(12-14)9-10-18(21)15-6-5-7-17(13-15)25(22,23)20(2)3/h5-13H,1-4H3. The molecule has 0 amide bonds. The molecule has 2 aromatic carbocycles. The second kappa shape index (κ2) is 7.63. The van der Waals surface area contributed by atoms with Crippen molar-refractivity contribution in [1.82, 2.24) is 4.31 Å². The molecule has 0 aliphatic rings. The van der Waals surface area contributed by atoms with Crippen molar-refractivity contribution in [1.29, 1.82) is 0 Å². The van der Waals surface area contributed by atoms with Crippen molar-refractivity contribution in [3.8, 4) is 5.75 Å². The monoisotopic (exact) mass is 359 g/mol. The molecule has 0 N–H and O–H groups in total. The second-order valence-corrected chi connectivity index (χ2v) is 7.91. The summed E-state index contributed by atoms with van der Waals surface area (Å²) < 4.78 is 30.8. The van der Waals surface area contributed by atoms with Crippen LogP contribution < -0.4 is 4.74 Å². The number of carbonyl (C=O) groups is 1. The molecule has 2 rings (SSSR count). The van der Waals surface area contributed by atoms with Crippen LogP contribution >= 0.6 is 0 Å². The van der Waals surface area contributed by atoms with Crippen molar-refractivity contribution in [2.45, 2.75) is 11.8 Å². The van der Waals surface area contributed by atoms with E-state index in [4.69, 9.17) is 4.74 Å². The number of nitrogens with zero attached hydrogens (tertiary/aromatic N) is 1. The molecule has 0 fully saturated rings. The van der Waals surface area contributed by atoms with Gasteiger partial charge in [0.2, 0.25) is 10.0 Å². The highest BCUT2D eigenvalue weighted by Crippen LogP contribution is 2.22. The third-order valence-electron chi connectivity index (χ3n) is 3.70. The molecule has 0 bridgehead atoms. The van der Waals surface area contributed by atoms with Gasteiger partial charge in [-0.2, -0.15) is 0 Å². The summed E-state index contributed by atoms with van der Waals surface area (Å²) >= 11 is 0. The summed E-state index contributed by atoms with van der Waals surface area (Å²) in [5.41, 5.74) is 2.14.